The number of aromatic nitrogens is 1. The smallest absolute Gasteiger partial charge is 0.405 e. The summed E-state index contributed by atoms with van der Waals surface area (Å²) in [6, 6.07) is 6.83. The molecule has 21 heavy (non-hydrogen) atoms. The number of aliphatic hydroxyl groups excluding tert-OH is 1. The van der Waals surface area contributed by atoms with Crippen molar-refractivity contribution in [1.29, 1.82) is 0 Å². The largest absolute Gasteiger partial charge is 0.497 e. The molecular weight excluding hydrogens is 285 g/mol. The highest BCUT2D eigenvalue weighted by molar-refractivity contribution is 5.93. The van der Waals surface area contributed by atoms with Crippen LogP contribution in [0.3, 0.4) is 0 Å². The predicted molar refractivity (Wildman–Crippen MR) is 73.6 cm³/mol. The lowest BCUT2D eigenvalue weighted by Crippen LogP contribution is -2.36. The maximum absolute atomic E-state index is 12.7. The van der Waals surface area contributed by atoms with Gasteiger partial charge in [-0.05, 0) is 23.6 Å². The predicted octanol–water partition coefficient (Wildman–Crippen LogP) is 2.60. The van der Waals surface area contributed by atoms with E-state index in [0.717, 1.165) is 10.3 Å². The van der Waals surface area contributed by atoms with Gasteiger partial charge in [0.2, 0.25) is 0 Å². The zero-order chi connectivity index (χ0) is 15.5. The van der Waals surface area contributed by atoms with E-state index in [1.54, 1.807) is 24.3 Å². The molecule has 0 bridgehead atoms. The van der Waals surface area contributed by atoms with Gasteiger partial charge in [0.1, 0.15) is 18.1 Å². The minimum absolute atomic E-state index is 0.150. The van der Waals surface area contributed by atoms with Gasteiger partial charge in [0.05, 0.1) is 13.7 Å². The lowest BCUT2D eigenvalue weighted by atomic mass is 10.1. The van der Waals surface area contributed by atoms with Crippen LogP contribution in [0.5, 0.6) is 5.75 Å². The average molecular weight is 300 g/mol. The fourth-order valence-corrected chi connectivity index (χ4v) is 2.11. The van der Waals surface area contributed by atoms with Gasteiger partial charge < -0.3 is 14.7 Å². The highest BCUT2D eigenvalue weighted by Gasteiger charge is 2.31. The maximum Gasteiger partial charge on any atom is 0.405 e. The second-order valence-electron chi connectivity index (χ2n) is 4.48. The molecule has 1 N–H and O–H groups in total. The molecule has 2 aromatic rings. The van der Waals surface area contributed by atoms with Crippen molar-refractivity contribution in [3.8, 4) is 5.75 Å². The molecule has 0 atom stereocenters. The minimum atomic E-state index is -4.38. The Kier molecular flexibility index (Phi) is 4.52. The molecule has 1 aromatic carbocycles. The SMILES string of the molecule is COc1ccc2ccnc(N(CCO)CC(F)(F)F)c2c1. The van der Waals surface area contributed by atoms with Crippen LogP contribution in [0.4, 0.5) is 19.0 Å². The van der Waals surface area contributed by atoms with Crippen molar-refractivity contribution in [2.75, 3.05) is 31.7 Å². The first-order valence-corrected chi connectivity index (χ1v) is 6.30. The van der Waals surface area contributed by atoms with Crippen LogP contribution >= 0.6 is 0 Å². The molecule has 0 saturated carbocycles. The van der Waals surface area contributed by atoms with Crippen LogP contribution in [0.2, 0.25) is 0 Å². The van der Waals surface area contributed by atoms with Crippen LogP contribution in [0, 0.1) is 0 Å². The van der Waals surface area contributed by atoms with Gasteiger partial charge in [-0.2, -0.15) is 13.2 Å². The summed E-state index contributed by atoms with van der Waals surface area (Å²) in [5.41, 5.74) is 0. The molecule has 0 saturated heterocycles. The molecule has 0 amide bonds. The number of benzene rings is 1. The number of alkyl halides is 3. The molecular formula is C14H15F3N2O2. The number of aliphatic hydroxyl groups is 1. The number of methoxy groups -OCH3 is 1. The molecule has 7 heteroatoms. The van der Waals surface area contributed by atoms with Gasteiger partial charge in [0.25, 0.3) is 0 Å². The van der Waals surface area contributed by atoms with E-state index >= 15 is 0 Å². The van der Waals surface area contributed by atoms with E-state index in [1.165, 1.54) is 13.3 Å². The first-order chi connectivity index (χ1) is 9.94. The topological polar surface area (TPSA) is 45.6 Å². The van der Waals surface area contributed by atoms with E-state index in [9.17, 15) is 13.2 Å². The van der Waals surface area contributed by atoms with Gasteiger partial charge in [0, 0.05) is 18.1 Å². The van der Waals surface area contributed by atoms with Gasteiger partial charge in [-0.15, -0.1) is 0 Å². The van der Waals surface area contributed by atoms with Gasteiger partial charge >= 0.3 is 6.18 Å². The maximum atomic E-state index is 12.7. The van der Waals surface area contributed by atoms with E-state index in [4.69, 9.17) is 9.84 Å². The summed E-state index contributed by atoms with van der Waals surface area (Å²) in [6.07, 6.45) is -2.93. The number of halogens is 3. The average Bonchev–Trinajstić information content (AvgIpc) is 2.44. The third kappa shape index (κ3) is 3.75. The number of pyridine rings is 1. The Bertz CT molecular complexity index is 617. The van der Waals surface area contributed by atoms with Crippen LogP contribution < -0.4 is 9.64 Å². The van der Waals surface area contributed by atoms with Gasteiger partial charge in [-0.25, -0.2) is 4.98 Å². The van der Waals surface area contributed by atoms with Crippen LogP contribution in [0.15, 0.2) is 30.5 Å². The summed E-state index contributed by atoms with van der Waals surface area (Å²) in [5.74, 6) is 0.713. The lowest BCUT2D eigenvalue weighted by Gasteiger charge is -2.25. The number of ether oxygens (including phenoxy) is 1. The third-order valence-electron chi connectivity index (χ3n) is 2.99. The summed E-state index contributed by atoms with van der Waals surface area (Å²) in [6.45, 7) is -1.71. The Hall–Kier alpha value is -2.02. The molecule has 2 rings (SSSR count). The molecule has 0 aliphatic carbocycles. The number of nitrogens with zero attached hydrogens (tertiary/aromatic N) is 2. The zero-order valence-electron chi connectivity index (χ0n) is 11.4. The molecule has 1 heterocycles. The van der Waals surface area contributed by atoms with E-state index in [2.05, 4.69) is 4.98 Å². The first kappa shape index (κ1) is 15.4. The number of hydrogen-bond acceptors (Lipinski definition) is 4. The lowest BCUT2D eigenvalue weighted by molar-refractivity contribution is -0.119. The highest BCUT2D eigenvalue weighted by atomic mass is 19.4. The van der Waals surface area contributed by atoms with E-state index in [1.807, 2.05) is 0 Å². The normalized spacial score (nSPS) is 11.7. The van der Waals surface area contributed by atoms with E-state index in [0.29, 0.717) is 11.1 Å². The molecule has 0 fully saturated rings. The summed E-state index contributed by atoms with van der Waals surface area (Å²) >= 11 is 0. The van der Waals surface area contributed by atoms with Crippen LogP contribution in [-0.2, 0) is 0 Å². The summed E-state index contributed by atoms with van der Waals surface area (Å²) in [5, 5.41) is 10.3. The van der Waals surface area contributed by atoms with E-state index in [-0.39, 0.29) is 12.4 Å². The van der Waals surface area contributed by atoms with Gasteiger partial charge in [-0.1, -0.05) is 6.07 Å². The van der Waals surface area contributed by atoms with Crippen molar-refractivity contribution < 1.29 is 23.0 Å². The Morgan fingerprint density at radius 1 is 1.29 bits per heavy atom. The molecule has 0 radical (unpaired) electrons. The molecule has 0 spiro atoms. The van der Waals surface area contributed by atoms with Crippen molar-refractivity contribution >= 4 is 16.6 Å². The highest BCUT2D eigenvalue weighted by Crippen LogP contribution is 2.30. The molecule has 0 unspecified atom stereocenters. The third-order valence-corrected chi connectivity index (χ3v) is 2.99. The van der Waals surface area contributed by atoms with Crippen LogP contribution in [0.25, 0.3) is 10.8 Å². The molecule has 0 aliphatic rings. The fraction of sp³-hybridized carbons (Fsp3) is 0.357. The van der Waals surface area contributed by atoms with Gasteiger partial charge in [-0.3, -0.25) is 0 Å². The number of fused-ring (bicyclic) bond motifs is 1. The van der Waals surface area contributed by atoms with Crippen molar-refractivity contribution in [2.24, 2.45) is 0 Å². The quantitative estimate of drug-likeness (QED) is 0.922. The molecule has 0 aliphatic heterocycles. The Labute approximate surface area is 119 Å². The summed E-state index contributed by atoms with van der Waals surface area (Å²) in [7, 11) is 1.48. The second-order valence-corrected chi connectivity index (χ2v) is 4.48. The summed E-state index contributed by atoms with van der Waals surface area (Å²) in [4.78, 5) is 5.06. The summed E-state index contributed by atoms with van der Waals surface area (Å²) < 4.78 is 43.2. The monoisotopic (exact) mass is 300 g/mol. The first-order valence-electron chi connectivity index (χ1n) is 6.30. The van der Waals surface area contributed by atoms with Crippen molar-refractivity contribution in [1.82, 2.24) is 4.98 Å². The Morgan fingerprint density at radius 3 is 2.67 bits per heavy atom. The second kappa shape index (κ2) is 6.17. The van der Waals surface area contributed by atoms with Crippen LogP contribution in [-0.4, -0.2) is 43.1 Å². The zero-order valence-corrected chi connectivity index (χ0v) is 11.4. The fourth-order valence-electron chi connectivity index (χ4n) is 2.11. The number of hydrogen-bond donors (Lipinski definition) is 1. The van der Waals surface area contributed by atoms with Crippen molar-refractivity contribution in [2.45, 2.75) is 6.18 Å². The van der Waals surface area contributed by atoms with E-state index < -0.39 is 19.3 Å². The molecule has 114 valence electrons. The molecule has 4 nitrogen and oxygen atoms in total. The molecule has 1 aromatic heterocycles. The minimum Gasteiger partial charge on any atom is -0.497 e. The Balaban J connectivity index is 2.50. The van der Waals surface area contributed by atoms with Crippen LogP contribution in [0.1, 0.15) is 0 Å². The van der Waals surface area contributed by atoms with Crippen molar-refractivity contribution in [3.63, 3.8) is 0 Å². The van der Waals surface area contributed by atoms with Crippen molar-refractivity contribution in [3.05, 3.63) is 30.5 Å². The van der Waals surface area contributed by atoms with Gasteiger partial charge in [0.15, 0.2) is 0 Å². The standard InChI is InChI=1S/C14H15F3N2O2/c1-21-11-3-2-10-4-5-18-13(12(10)8-11)19(6-7-20)9-14(15,16)17/h2-5,8,20H,6-7,9H2,1H3. The number of anilines is 1. The Morgan fingerprint density at radius 2 is 2.05 bits per heavy atom. The number of rotatable bonds is 5.